The predicted octanol–water partition coefficient (Wildman–Crippen LogP) is 2.58. The summed E-state index contributed by atoms with van der Waals surface area (Å²) >= 11 is 5.81. The molecule has 0 aliphatic rings. The fourth-order valence-electron chi connectivity index (χ4n) is 0.715. The first kappa shape index (κ1) is 10.3. The van der Waals surface area contributed by atoms with Gasteiger partial charge >= 0.3 is 0 Å². The molecule has 0 saturated heterocycles. The second-order valence-electron chi connectivity index (χ2n) is 2.18. The van der Waals surface area contributed by atoms with Crippen LogP contribution in [0, 0.1) is 13.8 Å². The van der Waals surface area contributed by atoms with Gasteiger partial charge in [0.05, 0.1) is 0 Å². The topological polar surface area (TPSA) is 0 Å². The van der Waals surface area contributed by atoms with Crippen LogP contribution in [-0.4, -0.2) is 23.9 Å². The van der Waals surface area contributed by atoms with Gasteiger partial charge in [-0.15, -0.1) is 0 Å². The Bertz CT molecular complexity index is 200. The van der Waals surface area contributed by atoms with Gasteiger partial charge in [0.2, 0.25) is 0 Å². The fraction of sp³-hybridized carbons (Fsp3) is 0.250. The second-order valence-corrected chi connectivity index (χ2v) is 2.59. The Morgan fingerprint density at radius 1 is 1.20 bits per heavy atom. The van der Waals surface area contributed by atoms with Crippen LogP contribution >= 0.6 is 11.6 Å². The van der Waals surface area contributed by atoms with E-state index in [0.717, 1.165) is 5.02 Å². The molecule has 1 rings (SSSR count). The molecule has 0 saturated carbocycles. The minimum Gasteiger partial charge on any atom is -0.0840 e. The maximum Gasteiger partial charge on any atom is 0.0437 e. The second kappa shape index (κ2) is 4.24. The molecule has 10 heavy (non-hydrogen) atoms. The van der Waals surface area contributed by atoms with Gasteiger partial charge in [-0.3, -0.25) is 0 Å². The molecule has 0 spiro atoms. The zero-order valence-electron chi connectivity index (χ0n) is 6.11. The van der Waals surface area contributed by atoms with E-state index in [-0.39, 0.29) is 23.9 Å². The van der Waals surface area contributed by atoms with Gasteiger partial charge in [0, 0.05) is 28.9 Å². The van der Waals surface area contributed by atoms with Gasteiger partial charge in [-0.05, 0) is 31.0 Å². The molecule has 1 aromatic carbocycles. The summed E-state index contributed by atoms with van der Waals surface area (Å²) < 4.78 is 0. The van der Waals surface area contributed by atoms with E-state index in [1.165, 1.54) is 11.1 Å². The van der Waals surface area contributed by atoms with Crippen molar-refractivity contribution in [1.82, 2.24) is 0 Å². The van der Waals surface area contributed by atoms with E-state index in [0.29, 0.717) is 0 Å². The smallest absolute Gasteiger partial charge is 0.0437 e. The van der Waals surface area contributed by atoms with Crippen molar-refractivity contribution in [2.45, 2.75) is 13.8 Å². The van der Waals surface area contributed by atoms with Crippen LogP contribution in [-0.2, 0) is 0 Å². The van der Waals surface area contributed by atoms with E-state index in [4.69, 9.17) is 11.6 Å². The molecule has 0 unspecified atom stereocenters. The standard InChI is InChI=1S/C8H9Cl.Sn/c1-6-4-3-5-8(9)7(6)2;/h3-5H,1-2H3;. The molecule has 2 heteroatoms. The molecule has 0 bridgehead atoms. The monoisotopic (exact) mass is 260 g/mol. The Balaban J connectivity index is 0.000000810. The molecule has 0 heterocycles. The fourth-order valence-corrected chi connectivity index (χ4v) is 0.937. The van der Waals surface area contributed by atoms with Crippen LogP contribution in [0.1, 0.15) is 11.1 Å². The Morgan fingerprint density at radius 3 is 2.20 bits per heavy atom. The van der Waals surface area contributed by atoms with Crippen LogP contribution in [0.15, 0.2) is 18.2 Å². The molecule has 0 aromatic heterocycles. The third-order valence-electron chi connectivity index (χ3n) is 1.54. The number of hydrogen-bond acceptors (Lipinski definition) is 0. The summed E-state index contributed by atoms with van der Waals surface area (Å²) in [5.41, 5.74) is 2.43. The first-order valence-corrected chi connectivity index (χ1v) is 3.31. The third kappa shape index (κ3) is 2.17. The minimum atomic E-state index is 0. The number of benzene rings is 1. The summed E-state index contributed by atoms with van der Waals surface area (Å²) in [6.45, 7) is 4.08. The van der Waals surface area contributed by atoms with Crippen molar-refractivity contribution < 1.29 is 0 Å². The molecular formula is C8H9ClSn. The van der Waals surface area contributed by atoms with Gasteiger partial charge in [0.25, 0.3) is 0 Å². The predicted molar refractivity (Wildman–Crippen MR) is 46.7 cm³/mol. The van der Waals surface area contributed by atoms with E-state index in [1.54, 1.807) is 0 Å². The maximum atomic E-state index is 5.81. The molecule has 0 fully saturated rings. The van der Waals surface area contributed by atoms with Gasteiger partial charge in [-0.1, -0.05) is 23.7 Å². The summed E-state index contributed by atoms with van der Waals surface area (Å²) in [5, 5.41) is 0.856. The average molecular weight is 259 g/mol. The normalized spacial score (nSPS) is 8.70. The minimum absolute atomic E-state index is 0. The number of halogens is 1. The van der Waals surface area contributed by atoms with Crippen LogP contribution < -0.4 is 0 Å². The van der Waals surface area contributed by atoms with E-state index < -0.39 is 0 Å². The van der Waals surface area contributed by atoms with Crippen LogP contribution in [0.3, 0.4) is 0 Å². The van der Waals surface area contributed by atoms with Gasteiger partial charge in [0.15, 0.2) is 0 Å². The third-order valence-corrected chi connectivity index (χ3v) is 1.95. The van der Waals surface area contributed by atoms with Crippen molar-refractivity contribution in [3.8, 4) is 0 Å². The average Bonchev–Trinajstić information content (AvgIpc) is 1.83. The van der Waals surface area contributed by atoms with Crippen molar-refractivity contribution in [3.63, 3.8) is 0 Å². The van der Waals surface area contributed by atoms with E-state index in [9.17, 15) is 0 Å². The van der Waals surface area contributed by atoms with Crippen molar-refractivity contribution in [3.05, 3.63) is 34.3 Å². The van der Waals surface area contributed by atoms with Crippen LogP contribution in [0.4, 0.5) is 0 Å². The van der Waals surface area contributed by atoms with E-state index >= 15 is 0 Å². The Labute approximate surface area is 83.5 Å². The summed E-state index contributed by atoms with van der Waals surface area (Å²) in [4.78, 5) is 0. The van der Waals surface area contributed by atoms with Crippen LogP contribution in [0.2, 0.25) is 5.02 Å². The Hall–Kier alpha value is 0.309. The molecule has 0 amide bonds. The maximum absolute atomic E-state index is 5.81. The van der Waals surface area contributed by atoms with Crippen molar-refractivity contribution in [2.24, 2.45) is 0 Å². The van der Waals surface area contributed by atoms with Gasteiger partial charge in [-0.2, -0.15) is 0 Å². The number of rotatable bonds is 0. The van der Waals surface area contributed by atoms with Crippen molar-refractivity contribution >= 4 is 35.5 Å². The molecular weight excluding hydrogens is 250 g/mol. The summed E-state index contributed by atoms with van der Waals surface area (Å²) in [6, 6.07) is 5.93. The Morgan fingerprint density at radius 2 is 1.80 bits per heavy atom. The summed E-state index contributed by atoms with van der Waals surface area (Å²) in [5.74, 6) is 0. The van der Waals surface area contributed by atoms with E-state index in [2.05, 4.69) is 13.0 Å². The SMILES string of the molecule is Cc1cccc(Cl)c1C.[Sn]. The van der Waals surface area contributed by atoms with Crippen LogP contribution in [0.5, 0.6) is 0 Å². The summed E-state index contributed by atoms with van der Waals surface area (Å²) in [6.07, 6.45) is 0. The first-order valence-electron chi connectivity index (χ1n) is 2.93. The van der Waals surface area contributed by atoms with Gasteiger partial charge in [0.1, 0.15) is 0 Å². The number of hydrogen-bond donors (Lipinski definition) is 0. The largest absolute Gasteiger partial charge is 0.0840 e. The molecule has 0 atom stereocenters. The van der Waals surface area contributed by atoms with Gasteiger partial charge < -0.3 is 0 Å². The van der Waals surface area contributed by atoms with Crippen molar-refractivity contribution in [1.29, 1.82) is 0 Å². The molecule has 52 valence electrons. The molecule has 0 N–H and O–H groups in total. The molecule has 0 aliphatic heterocycles. The summed E-state index contributed by atoms with van der Waals surface area (Å²) in [7, 11) is 0. The zero-order chi connectivity index (χ0) is 6.85. The van der Waals surface area contributed by atoms with Gasteiger partial charge in [-0.25, -0.2) is 0 Å². The zero-order valence-corrected chi connectivity index (χ0v) is 9.72. The molecule has 1 aromatic rings. The first-order chi connectivity index (χ1) is 4.22. The van der Waals surface area contributed by atoms with Crippen LogP contribution in [0.25, 0.3) is 0 Å². The molecule has 0 aliphatic carbocycles. The molecule has 4 radical (unpaired) electrons. The quantitative estimate of drug-likeness (QED) is 0.628. The van der Waals surface area contributed by atoms with E-state index in [1.807, 2.05) is 19.1 Å². The number of aryl methyl sites for hydroxylation is 1. The Kier molecular flexibility index (Phi) is 4.37. The molecule has 0 nitrogen and oxygen atoms in total. The van der Waals surface area contributed by atoms with Crippen molar-refractivity contribution in [2.75, 3.05) is 0 Å².